The van der Waals surface area contributed by atoms with Gasteiger partial charge in [-0.25, -0.2) is 4.98 Å². The molecule has 1 aliphatic heterocycles. The smallest absolute Gasteiger partial charge is 0.127 e. The maximum Gasteiger partial charge on any atom is 0.127 e. The number of para-hydroxylation sites is 1. The minimum Gasteiger partial charge on any atom is -0.391 e. The van der Waals surface area contributed by atoms with Gasteiger partial charge >= 0.3 is 0 Å². The Balaban J connectivity index is 1.43. The molecule has 0 spiro atoms. The molecule has 0 saturated carbocycles. The van der Waals surface area contributed by atoms with Crippen LogP contribution in [-0.4, -0.2) is 53.3 Å². The van der Waals surface area contributed by atoms with E-state index in [0.29, 0.717) is 6.54 Å². The number of benzene rings is 1. The first-order valence-electron chi connectivity index (χ1n) is 9.45. The average Bonchev–Trinajstić information content (AvgIpc) is 3.01. The lowest BCUT2D eigenvalue weighted by atomic mass is 9.94. The summed E-state index contributed by atoms with van der Waals surface area (Å²) in [7, 11) is 3.98. The molecule has 27 heavy (non-hydrogen) atoms. The largest absolute Gasteiger partial charge is 0.391 e. The van der Waals surface area contributed by atoms with Crippen LogP contribution < -0.4 is 4.90 Å². The van der Waals surface area contributed by atoms with Gasteiger partial charge in [0.05, 0.1) is 11.6 Å². The van der Waals surface area contributed by atoms with Crippen LogP contribution in [0, 0.1) is 5.92 Å². The Morgan fingerprint density at radius 3 is 2.70 bits per heavy atom. The second-order valence-corrected chi connectivity index (χ2v) is 7.63. The van der Waals surface area contributed by atoms with E-state index in [1.807, 2.05) is 49.6 Å². The first kappa shape index (κ1) is 17.9. The Morgan fingerprint density at radius 2 is 1.93 bits per heavy atom. The highest BCUT2D eigenvalue weighted by Gasteiger charge is 2.31. The van der Waals surface area contributed by atoms with Crippen molar-refractivity contribution in [3.63, 3.8) is 0 Å². The molecule has 1 N–H and O–H groups in total. The molecule has 3 aromatic rings. The number of fused-ring (bicyclic) bond motifs is 1. The number of nitrogens with zero attached hydrogens (tertiary/aromatic N) is 4. The van der Waals surface area contributed by atoms with Crippen molar-refractivity contribution < 1.29 is 5.11 Å². The van der Waals surface area contributed by atoms with E-state index in [1.54, 1.807) is 0 Å². The molecule has 2 atom stereocenters. The van der Waals surface area contributed by atoms with Crippen LogP contribution in [0.25, 0.3) is 10.9 Å². The molecule has 0 bridgehead atoms. The summed E-state index contributed by atoms with van der Waals surface area (Å²) in [6.07, 6.45) is 4.38. The van der Waals surface area contributed by atoms with Crippen LogP contribution in [0.15, 0.2) is 54.9 Å². The zero-order chi connectivity index (χ0) is 18.8. The van der Waals surface area contributed by atoms with Gasteiger partial charge < -0.3 is 10.0 Å². The van der Waals surface area contributed by atoms with E-state index in [0.717, 1.165) is 30.8 Å². The van der Waals surface area contributed by atoms with Gasteiger partial charge in [-0.05, 0) is 35.7 Å². The van der Waals surface area contributed by atoms with Crippen molar-refractivity contribution >= 4 is 16.7 Å². The molecule has 5 nitrogen and oxygen atoms in total. The maximum atomic E-state index is 10.6. The lowest BCUT2D eigenvalue weighted by Crippen LogP contribution is -2.21. The monoisotopic (exact) mass is 362 g/mol. The maximum absolute atomic E-state index is 10.6. The summed E-state index contributed by atoms with van der Waals surface area (Å²) in [6, 6.07) is 14.5. The fourth-order valence-corrected chi connectivity index (χ4v) is 3.92. The van der Waals surface area contributed by atoms with E-state index in [2.05, 4.69) is 39.1 Å². The Hall–Kier alpha value is -2.50. The summed E-state index contributed by atoms with van der Waals surface area (Å²) in [5.74, 6) is 1.20. The van der Waals surface area contributed by atoms with Gasteiger partial charge in [-0.15, -0.1) is 0 Å². The van der Waals surface area contributed by atoms with Crippen LogP contribution in [0.3, 0.4) is 0 Å². The van der Waals surface area contributed by atoms with Gasteiger partial charge in [0.25, 0.3) is 0 Å². The third kappa shape index (κ3) is 3.94. The number of pyridine rings is 2. The van der Waals surface area contributed by atoms with Crippen LogP contribution in [-0.2, 0) is 13.0 Å². The van der Waals surface area contributed by atoms with Gasteiger partial charge in [0, 0.05) is 57.4 Å². The van der Waals surface area contributed by atoms with Crippen molar-refractivity contribution in [2.75, 3.05) is 32.1 Å². The van der Waals surface area contributed by atoms with E-state index in [9.17, 15) is 5.11 Å². The quantitative estimate of drug-likeness (QED) is 0.756. The molecule has 0 unspecified atom stereocenters. The first-order chi connectivity index (χ1) is 13.1. The number of aliphatic hydroxyl groups excluding tert-OH is 1. The van der Waals surface area contributed by atoms with Crippen molar-refractivity contribution in [2.24, 2.45) is 5.92 Å². The average molecular weight is 362 g/mol. The fourth-order valence-electron chi connectivity index (χ4n) is 3.92. The van der Waals surface area contributed by atoms with Gasteiger partial charge in [-0.1, -0.05) is 24.3 Å². The number of hydrogen-bond acceptors (Lipinski definition) is 5. The number of likely N-dealkylation sites (tertiary alicyclic amines) is 1. The third-order valence-corrected chi connectivity index (χ3v) is 5.38. The molecule has 1 fully saturated rings. The summed E-state index contributed by atoms with van der Waals surface area (Å²) < 4.78 is 0. The standard InChI is InChI=1S/C22H26N4O/c1-25(2)22-8-7-16(12-24-22)13-26-14-18(21(27)15-26)11-17-9-10-23-20-6-4-3-5-19(17)20/h3-10,12,18,21,27H,11,13-15H2,1-2H3/t18-,21-/m1/s1. The number of hydrogen-bond donors (Lipinski definition) is 1. The van der Waals surface area contributed by atoms with Crippen molar-refractivity contribution in [3.05, 3.63) is 66.0 Å². The molecular weight excluding hydrogens is 336 g/mol. The van der Waals surface area contributed by atoms with Gasteiger partial charge in [0.15, 0.2) is 0 Å². The van der Waals surface area contributed by atoms with Gasteiger partial charge in [0.2, 0.25) is 0 Å². The Bertz CT molecular complexity index is 904. The summed E-state index contributed by atoms with van der Waals surface area (Å²) in [5, 5.41) is 11.8. The zero-order valence-corrected chi connectivity index (χ0v) is 15.9. The molecule has 1 saturated heterocycles. The molecule has 2 aromatic heterocycles. The zero-order valence-electron chi connectivity index (χ0n) is 15.9. The summed E-state index contributed by atoms with van der Waals surface area (Å²) in [5.41, 5.74) is 3.47. The number of rotatable bonds is 5. The number of aromatic nitrogens is 2. The lowest BCUT2D eigenvalue weighted by molar-refractivity contribution is 0.141. The topological polar surface area (TPSA) is 52.5 Å². The minimum atomic E-state index is -0.300. The van der Waals surface area contributed by atoms with E-state index in [4.69, 9.17) is 0 Å². The van der Waals surface area contributed by atoms with Gasteiger partial charge in [0.1, 0.15) is 5.82 Å². The second-order valence-electron chi connectivity index (χ2n) is 7.63. The molecule has 4 rings (SSSR count). The molecule has 140 valence electrons. The first-order valence-corrected chi connectivity index (χ1v) is 9.45. The Morgan fingerprint density at radius 1 is 1.07 bits per heavy atom. The molecule has 1 aromatic carbocycles. The highest BCUT2D eigenvalue weighted by Crippen LogP contribution is 2.26. The van der Waals surface area contributed by atoms with E-state index in [1.165, 1.54) is 16.5 Å². The molecular formula is C22H26N4O. The molecule has 3 heterocycles. The summed E-state index contributed by atoms with van der Waals surface area (Å²) in [4.78, 5) is 13.3. The molecule has 0 amide bonds. The van der Waals surface area contributed by atoms with Crippen LogP contribution in [0.4, 0.5) is 5.82 Å². The summed E-state index contributed by atoms with van der Waals surface area (Å²) in [6.45, 7) is 2.43. The molecule has 0 radical (unpaired) electrons. The van der Waals surface area contributed by atoms with Crippen LogP contribution in [0.5, 0.6) is 0 Å². The fraction of sp³-hybridized carbons (Fsp3) is 0.364. The lowest BCUT2D eigenvalue weighted by Gasteiger charge is -2.17. The third-order valence-electron chi connectivity index (χ3n) is 5.38. The van der Waals surface area contributed by atoms with E-state index >= 15 is 0 Å². The van der Waals surface area contributed by atoms with Crippen molar-refractivity contribution in [1.29, 1.82) is 0 Å². The predicted molar refractivity (Wildman–Crippen MR) is 109 cm³/mol. The highest BCUT2D eigenvalue weighted by molar-refractivity contribution is 5.81. The van der Waals surface area contributed by atoms with Gasteiger partial charge in [-0.3, -0.25) is 9.88 Å². The van der Waals surface area contributed by atoms with Crippen molar-refractivity contribution in [3.8, 4) is 0 Å². The molecule has 0 aliphatic carbocycles. The van der Waals surface area contributed by atoms with E-state index < -0.39 is 0 Å². The SMILES string of the molecule is CN(C)c1ccc(CN2C[C@@H](Cc3ccnc4ccccc34)[C@H](O)C2)cn1. The van der Waals surface area contributed by atoms with Crippen LogP contribution >= 0.6 is 0 Å². The molecule has 5 heteroatoms. The van der Waals surface area contributed by atoms with Crippen molar-refractivity contribution in [1.82, 2.24) is 14.9 Å². The number of anilines is 1. The normalized spacial score (nSPS) is 20.3. The van der Waals surface area contributed by atoms with Crippen LogP contribution in [0.2, 0.25) is 0 Å². The Labute approximate surface area is 160 Å². The number of aliphatic hydroxyl groups is 1. The second kappa shape index (κ2) is 7.62. The minimum absolute atomic E-state index is 0.241. The van der Waals surface area contributed by atoms with Crippen molar-refractivity contribution in [2.45, 2.75) is 19.1 Å². The number of β-amino-alcohol motifs (C(OH)–C–C–N with tert-alkyl or cyclic N) is 1. The predicted octanol–water partition coefficient (Wildman–Crippen LogP) is 2.73. The van der Waals surface area contributed by atoms with E-state index in [-0.39, 0.29) is 12.0 Å². The molecule has 1 aliphatic rings. The van der Waals surface area contributed by atoms with Gasteiger partial charge in [-0.2, -0.15) is 0 Å². The van der Waals surface area contributed by atoms with Crippen LogP contribution in [0.1, 0.15) is 11.1 Å². The Kier molecular flexibility index (Phi) is 5.05. The highest BCUT2D eigenvalue weighted by atomic mass is 16.3. The summed E-state index contributed by atoms with van der Waals surface area (Å²) >= 11 is 0.